The van der Waals surface area contributed by atoms with Crippen molar-refractivity contribution in [1.29, 1.82) is 0 Å². The summed E-state index contributed by atoms with van der Waals surface area (Å²) in [6, 6.07) is 0. The molecule has 74 heavy (non-hydrogen) atoms. The van der Waals surface area contributed by atoms with Crippen LogP contribution in [0.5, 0.6) is 0 Å². The SMILES string of the molecule is CC/C=C\C/C=C\C/C=C\C/C=C\CCCCCCCCCCCCC(=O)OCC(COC(=O)CCCCCCCCCCCCCCCC)OC(=O)CCCCCCCCCCC/C=C\CCCCCCCC. The third-order valence-electron chi connectivity index (χ3n) is 14.3. The topological polar surface area (TPSA) is 78.9 Å². The van der Waals surface area contributed by atoms with Crippen LogP contribution in [0.1, 0.15) is 335 Å². The van der Waals surface area contributed by atoms with Crippen molar-refractivity contribution in [3.05, 3.63) is 60.8 Å². The van der Waals surface area contributed by atoms with Crippen LogP contribution in [0.25, 0.3) is 0 Å². The normalized spacial score (nSPS) is 12.4. The number of ether oxygens (including phenoxy) is 3. The fourth-order valence-electron chi connectivity index (χ4n) is 9.43. The second-order valence-electron chi connectivity index (χ2n) is 21.6. The molecular weight excluding hydrogens is 913 g/mol. The zero-order chi connectivity index (χ0) is 53.6. The Bertz CT molecular complexity index is 1330. The van der Waals surface area contributed by atoms with Gasteiger partial charge in [0.15, 0.2) is 6.10 Å². The van der Waals surface area contributed by atoms with Crippen molar-refractivity contribution in [1.82, 2.24) is 0 Å². The van der Waals surface area contributed by atoms with Gasteiger partial charge in [0.25, 0.3) is 0 Å². The lowest BCUT2D eigenvalue weighted by molar-refractivity contribution is -0.167. The number of unbranched alkanes of at least 4 members (excludes halogenated alkanes) is 38. The molecule has 0 aliphatic heterocycles. The number of rotatable bonds is 59. The van der Waals surface area contributed by atoms with E-state index in [1.807, 2.05) is 0 Å². The van der Waals surface area contributed by atoms with Crippen LogP contribution in [-0.4, -0.2) is 37.2 Å². The van der Waals surface area contributed by atoms with Gasteiger partial charge in [0.1, 0.15) is 13.2 Å². The minimum atomic E-state index is -0.776. The summed E-state index contributed by atoms with van der Waals surface area (Å²) < 4.78 is 17.0. The average Bonchev–Trinajstić information content (AvgIpc) is 3.40. The van der Waals surface area contributed by atoms with Gasteiger partial charge in [-0.1, -0.05) is 293 Å². The standard InChI is InChI=1S/C68H122O6/c1-4-7-10-13-16-19-22-25-28-30-32-33-34-35-37-38-40-43-46-49-52-55-58-61-67(70)73-64-65(63-72-66(69)60-57-54-51-48-45-42-27-24-21-18-15-12-9-6-3)74-68(71)62-59-56-53-50-47-44-41-39-36-31-29-26-23-20-17-14-11-8-5-2/h7,10,16,19,25-26,28-29,32-33,65H,4-6,8-9,11-15,17-18,20-24,27,30-31,34-64H2,1-3H3/b10-7-,19-16-,28-25-,29-26-,33-32-. The Hall–Kier alpha value is -2.89. The molecule has 0 saturated carbocycles. The smallest absolute Gasteiger partial charge is 0.306 e. The first kappa shape index (κ1) is 71.1. The highest BCUT2D eigenvalue weighted by Crippen LogP contribution is 2.17. The number of hydrogen-bond donors (Lipinski definition) is 0. The third kappa shape index (κ3) is 60.0. The van der Waals surface area contributed by atoms with E-state index < -0.39 is 6.10 Å². The first-order valence-electron chi connectivity index (χ1n) is 32.3. The highest BCUT2D eigenvalue weighted by atomic mass is 16.6. The van der Waals surface area contributed by atoms with Gasteiger partial charge >= 0.3 is 17.9 Å². The number of esters is 3. The highest BCUT2D eigenvalue weighted by molar-refractivity contribution is 5.71. The number of carbonyl (C=O) groups is 3. The molecule has 0 fully saturated rings. The summed E-state index contributed by atoms with van der Waals surface area (Å²) in [5, 5.41) is 0. The summed E-state index contributed by atoms with van der Waals surface area (Å²) in [4.78, 5) is 38.3. The van der Waals surface area contributed by atoms with Gasteiger partial charge in [0, 0.05) is 19.3 Å². The zero-order valence-electron chi connectivity index (χ0n) is 49.4. The molecule has 0 spiro atoms. The van der Waals surface area contributed by atoms with Crippen LogP contribution < -0.4 is 0 Å². The number of allylic oxidation sites excluding steroid dienone is 10. The molecule has 430 valence electrons. The Labute approximate surface area is 460 Å². The average molecular weight is 1040 g/mol. The highest BCUT2D eigenvalue weighted by Gasteiger charge is 2.19. The van der Waals surface area contributed by atoms with Gasteiger partial charge in [-0.25, -0.2) is 0 Å². The minimum Gasteiger partial charge on any atom is -0.462 e. The Morgan fingerprint density at radius 2 is 0.527 bits per heavy atom. The van der Waals surface area contributed by atoms with E-state index in [9.17, 15) is 14.4 Å². The van der Waals surface area contributed by atoms with Crippen molar-refractivity contribution in [2.75, 3.05) is 13.2 Å². The molecule has 6 heteroatoms. The van der Waals surface area contributed by atoms with Gasteiger partial charge in [-0.15, -0.1) is 0 Å². The molecule has 0 bridgehead atoms. The summed E-state index contributed by atoms with van der Waals surface area (Å²) in [7, 11) is 0. The van der Waals surface area contributed by atoms with E-state index in [0.29, 0.717) is 19.3 Å². The largest absolute Gasteiger partial charge is 0.462 e. The zero-order valence-corrected chi connectivity index (χ0v) is 49.4. The van der Waals surface area contributed by atoms with E-state index in [1.54, 1.807) is 0 Å². The molecule has 0 N–H and O–H groups in total. The van der Waals surface area contributed by atoms with Crippen LogP contribution >= 0.6 is 0 Å². The van der Waals surface area contributed by atoms with Crippen LogP contribution in [0.4, 0.5) is 0 Å². The van der Waals surface area contributed by atoms with Gasteiger partial charge in [0.05, 0.1) is 0 Å². The molecule has 0 heterocycles. The molecule has 0 saturated heterocycles. The quantitative estimate of drug-likeness (QED) is 0.0261. The van der Waals surface area contributed by atoms with Crippen LogP contribution in [0.15, 0.2) is 60.8 Å². The Balaban J connectivity index is 4.32. The van der Waals surface area contributed by atoms with Crippen molar-refractivity contribution in [3.63, 3.8) is 0 Å². The summed E-state index contributed by atoms with van der Waals surface area (Å²) in [6.45, 7) is 6.57. The number of hydrogen-bond acceptors (Lipinski definition) is 6. The maximum Gasteiger partial charge on any atom is 0.306 e. The summed E-state index contributed by atoms with van der Waals surface area (Å²) in [5.41, 5.74) is 0. The second-order valence-corrected chi connectivity index (χ2v) is 21.6. The Kier molecular flexibility index (Phi) is 60.2. The van der Waals surface area contributed by atoms with Gasteiger partial charge in [0.2, 0.25) is 0 Å². The first-order chi connectivity index (χ1) is 36.5. The molecule has 0 aliphatic carbocycles. The monoisotopic (exact) mass is 1030 g/mol. The lowest BCUT2D eigenvalue weighted by atomic mass is 10.0. The Morgan fingerprint density at radius 3 is 0.838 bits per heavy atom. The lowest BCUT2D eigenvalue weighted by Gasteiger charge is -2.18. The van der Waals surface area contributed by atoms with Gasteiger partial charge < -0.3 is 14.2 Å². The van der Waals surface area contributed by atoms with Crippen molar-refractivity contribution >= 4 is 17.9 Å². The van der Waals surface area contributed by atoms with Crippen molar-refractivity contribution in [2.45, 2.75) is 341 Å². The predicted octanol–water partition coefficient (Wildman–Crippen LogP) is 21.9. The van der Waals surface area contributed by atoms with E-state index in [2.05, 4.69) is 81.5 Å². The first-order valence-corrected chi connectivity index (χ1v) is 32.3. The van der Waals surface area contributed by atoms with Crippen molar-refractivity contribution in [2.24, 2.45) is 0 Å². The molecule has 6 nitrogen and oxygen atoms in total. The minimum absolute atomic E-state index is 0.0722. The molecule has 0 aliphatic rings. The van der Waals surface area contributed by atoms with E-state index in [-0.39, 0.29) is 31.1 Å². The fraction of sp³-hybridized carbons (Fsp3) is 0.809. The summed E-state index contributed by atoms with van der Waals surface area (Å²) in [6.07, 6.45) is 79.3. The van der Waals surface area contributed by atoms with Gasteiger partial charge in [-0.3, -0.25) is 14.4 Å². The molecule has 1 atom stereocenters. The molecule has 0 amide bonds. The fourth-order valence-corrected chi connectivity index (χ4v) is 9.43. The molecule has 0 aromatic carbocycles. The predicted molar refractivity (Wildman–Crippen MR) is 321 cm³/mol. The van der Waals surface area contributed by atoms with E-state index >= 15 is 0 Å². The van der Waals surface area contributed by atoms with Crippen molar-refractivity contribution in [3.8, 4) is 0 Å². The number of carbonyl (C=O) groups excluding carboxylic acids is 3. The van der Waals surface area contributed by atoms with E-state index in [4.69, 9.17) is 14.2 Å². The maximum absolute atomic E-state index is 12.9. The third-order valence-corrected chi connectivity index (χ3v) is 14.3. The van der Waals surface area contributed by atoms with E-state index in [1.165, 1.54) is 212 Å². The van der Waals surface area contributed by atoms with Gasteiger partial charge in [-0.2, -0.15) is 0 Å². The maximum atomic E-state index is 12.9. The van der Waals surface area contributed by atoms with Crippen LogP contribution in [0.2, 0.25) is 0 Å². The molecule has 1 unspecified atom stereocenters. The van der Waals surface area contributed by atoms with Gasteiger partial charge in [-0.05, 0) is 83.5 Å². The summed E-state index contributed by atoms with van der Waals surface area (Å²) in [5.74, 6) is -0.859. The molecule has 0 aromatic heterocycles. The van der Waals surface area contributed by atoms with Crippen LogP contribution in [-0.2, 0) is 28.6 Å². The van der Waals surface area contributed by atoms with E-state index in [0.717, 1.165) is 83.5 Å². The Morgan fingerprint density at radius 1 is 0.284 bits per heavy atom. The molecule has 0 aromatic rings. The van der Waals surface area contributed by atoms with Crippen LogP contribution in [0, 0.1) is 0 Å². The molecule has 0 radical (unpaired) electrons. The van der Waals surface area contributed by atoms with Crippen molar-refractivity contribution < 1.29 is 28.6 Å². The molecule has 0 rings (SSSR count). The van der Waals surface area contributed by atoms with Crippen LogP contribution in [0.3, 0.4) is 0 Å². The lowest BCUT2D eigenvalue weighted by Crippen LogP contribution is -2.30. The second kappa shape index (κ2) is 62.6. The summed E-state index contributed by atoms with van der Waals surface area (Å²) >= 11 is 0. The molecular formula is C68H122O6.